The van der Waals surface area contributed by atoms with Gasteiger partial charge in [-0.05, 0) is 98.1 Å². The lowest BCUT2D eigenvalue weighted by atomic mass is 10.2. The number of carbonyl (C=O) groups is 1. The maximum atomic E-state index is 12.2. The first-order valence-corrected chi connectivity index (χ1v) is 9.98. The van der Waals surface area contributed by atoms with E-state index in [0.717, 1.165) is 14.5 Å². The smallest absolute Gasteiger partial charge is 0.271 e. The predicted octanol–water partition coefficient (Wildman–Crippen LogP) is 5.48. The number of nitrogens with zero attached hydrogens (tertiary/aromatic N) is 1. The fourth-order valence-corrected chi connectivity index (χ4v) is 3.95. The van der Waals surface area contributed by atoms with E-state index in [-0.39, 0.29) is 11.7 Å². The van der Waals surface area contributed by atoms with Gasteiger partial charge in [0.2, 0.25) is 0 Å². The molecule has 0 aliphatic carbocycles. The minimum absolute atomic E-state index is 0.166. The Balaban J connectivity index is 1.61. The molecule has 0 atom stereocenters. The zero-order valence-corrected chi connectivity index (χ0v) is 18.4. The van der Waals surface area contributed by atoms with Crippen LogP contribution >= 0.6 is 31.9 Å². The Bertz CT molecular complexity index is 1010. The van der Waals surface area contributed by atoms with Gasteiger partial charge in [-0.3, -0.25) is 4.79 Å². The zero-order chi connectivity index (χ0) is 20.8. The number of hydrogen-bond acceptors (Lipinski definition) is 5. The van der Waals surface area contributed by atoms with Crippen LogP contribution in [0.25, 0.3) is 0 Å². The van der Waals surface area contributed by atoms with E-state index in [4.69, 9.17) is 9.47 Å². The van der Waals surface area contributed by atoms with E-state index in [9.17, 15) is 9.90 Å². The minimum Gasteiger partial charge on any atom is -0.508 e. The number of hydrogen-bond donors (Lipinski definition) is 2. The molecule has 2 N–H and O–H groups in total. The Kier molecular flexibility index (Phi) is 6.90. The highest BCUT2D eigenvalue weighted by molar-refractivity contribution is 9.11. The third-order valence-corrected chi connectivity index (χ3v) is 4.97. The molecular formula is C21H16Br2N2O4. The van der Waals surface area contributed by atoms with Gasteiger partial charge < -0.3 is 14.6 Å². The van der Waals surface area contributed by atoms with Gasteiger partial charge in [-0.2, -0.15) is 5.10 Å². The summed E-state index contributed by atoms with van der Waals surface area (Å²) in [6.07, 6.45) is 1.54. The standard InChI is InChI=1S/C21H16Br2N2O4/c1-28-20-18(22)10-13(11-19(20)23)12-24-25-21(27)14-2-6-16(7-3-14)29-17-8-4-15(26)5-9-17/h2-12,26H,1H3,(H,25,27)/b24-12+. The summed E-state index contributed by atoms with van der Waals surface area (Å²) >= 11 is 6.84. The van der Waals surface area contributed by atoms with Crippen LogP contribution < -0.4 is 14.9 Å². The number of hydrazone groups is 1. The van der Waals surface area contributed by atoms with Gasteiger partial charge in [0.15, 0.2) is 0 Å². The molecule has 3 aromatic rings. The summed E-state index contributed by atoms with van der Waals surface area (Å²) < 4.78 is 12.5. The second-order valence-corrected chi connectivity index (χ2v) is 7.55. The van der Waals surface area contributed by atoms with E-state index in [1.165, 1.54) is 18.3 Å². The van der Waals surface area contributed by atoms with E-state index in [2.05, 4.69) is 42.4 Å². The first kappa shape index (κ1) is 20.9. The van der Waals surface area contributed by atoms with Gasteiger partial charge in [0, 0.05) is 5.56 Å². The normalized spacial score (nSPS) is 10.7. The van der Waals surface area contributed by atoms with Crippen LogP contribution in [0.2, 0.25) is 0 Å². The number of carbonyl (C=O) groups excluding carboxylic acids is 1. The summed E-state index contributed by atoms with van der Waals surface area (Å²) in [5.41, 5.74) is 3.71. The van der Waals surface area contributed by atoms with Crippen LogP contribution in [-0.2, 0) is 0 Å². The molecular weight excluding hydrogens is 504 g/mol. The molecule has 0 aromatic heterocycles. The molecule has 1 amide bonds. The van der Waals surface area contributed by atoms with Crippen molar-refractivity contribution >= 4 is 44.0 Å². The van der Waals surface area contributed by atoms with Crippen LogP contribution in [0, 0.1) is 0 Å². The van der Waals surface area contributed by atoms with Crippen molar-refractivity contribution in [3.05, 3.63) is 80.7 Å². The summed E-state index contributed by atoms with van der Waals surface area (Å²) in [6.45, 7) is 0. The number of rotatable bonds is 6. The van der Waals surface area contributed by atoms with Crippen LogP contribution in [0.5, 0.6) is 23.0 Å². The van der Waals surface area contributed by atoms with E-state index >= 15 is 0 Å². The van der Waals surface area contributed by atoms with Gasteiger partial charge in [-0.1, -0.05) is 0 Å². The lowest BCUT2D eigenvalue weighted by Gasteiger charge is -2.07. The van der Waals surface area contributed by atoms with Crippen LogP contribution in [0.4, 0.5) is 0 Å². The molecule has 0 radical (unpaired) electrons. The van der Waals surface area contributed by atoms with Gasteiger partial charge >= 0.3 is 0 Å². The average molecular weight is 520 g/mol. The number of methoxy groups -OCH3 is 1. The molecule has 0 unspecified atom stereocenters. The number of phenolic OH excluding ortho intramolecular Hbond substituents is 1. The summed E-state index contributed by atoms with van der Waals surface area (Å²) in [5, 5.41) is 13.3. The summed E-state index contributed by atoms with van der Waals surface area (Å²) in [7, 11) is 1.58. The number of halogens is 2. The Morgan fingerprint density at radius 3 is 2.10 bits per heavy atom. The van der Waals surface area contributed by atoms with Crippen molar-refractivity contribution < 1.29 is 19.4 Å². The van der Waals surface area contributed by atoms with Crippen LogP contribution in [0.15, 0.2) is 74.7 Å². The minimum atomic E-state index is -0.343. The van der Waals surface area contributed by atoms with Gasteiger partial charge in [0.1, 0.15) is 23.0 Å². The highest BCUT2D eigenvalue weighted by Gasteiger charge is 2.08. The fourth-order valence-electron chi connectivity index (χ4n) is 2.40. The second kappa shape index (κ2) is 9.58. The van der Waals surface area contributed by atoms with E-state index in [0.29, 0.717) is 22.8 Å². The molecule has 0 saturated heterocycles. The average Bonchev–Trinajstić information content (AvgIpc) is 2.70. The molecule has 0 fully saturated rings. The van der Waals surface area contributed by atoms with Gasteiger partial charge in [-0.25, -0.2) is 5.43 Å². The Hall–Kier alpha value is -2.84. The molecule has 8 heteroatoms. The molecule has 3 aromatic carbocycles. The Labute approximate surface area is 184 Å². The SMILES string of the molecule is COc1c(Br)cc(/C=N/NC(=O)c2ccc(Oc3ccc(O)cc3)cc2)cc1Br. The molecule has 3 rings (SSSR count). The highest BCUT2D eigenvalue weighted by Crippen LogP contribution is 2.33. The summed E-state index contributed by atoms with van der Waals surface area (Å²) in [4.78, 5) is 12.2. The molecule has 0 saturated carbocycles. The molecule has 0 bridgehead atoms. The summed E-state index contributed by atoms with van der Waals surface area (Å²) in [5.74, 6) is 1.66. The highest BCUT2D eigenvalue weighted by atomic mass is 79.9. The van der Waals surface area contributed by atoms with E-state index in [1.807, 2.05) is 12.1 Å². The maximum absolute atomic E-state index is 12.2. The van der Waals surface area contributed by atoms with Gasteiger partial charge in [-0.15, -0.1) is 0 Å². The fraction of sp³-hybridized carbons (Fsp3) is 0.0476. The first-order chi connectivity index (χ1) is 14.0. The zero-order valence-electron chi connectivity index (χ0n) is 15.2. The van der Waals surface area contributed by atoms with E-state index in [1.54, 1.807) is 43.5 Å². The quantitative estimate of drug-likeness (QED) is 0.333. The second-order valence-electron chi connectivity index (χ2n) is 5.84. The van der Waals surface area contributed by atoms with Crippen LogP contribution in [-0.4, -0.2) is 24.3 Å². The molecule has 0 aliphatic heterocycles. The van der Waals surface area contributed by atoms with E-state index < -0.39 is 0 Å². The molecule has 0 aliphatic rings. The molecule has 6 nitrogen and oxygen atoms in total. The molecule has 0 heterocycles. The van der Waals surface area contributed by atoms with Crippen molar-refractivity contribution in [3.8, 4) is 23.0 Å². The number of amides is 1. The van der Waals surface area contributed by atoms with Crippen molar-refractivity contribution in [2.45, 2.75) is 0 Å². The molecule has 148 valence electrons. The number of aromatic hydroxyl groups is 1. The third kappa shape index (κ3) is 5.58. The van der Waals surface area contributed by atoms with Crippen molar-refractivity contribution in [3.63, 3.8) is 0 Å². The third-order valence-electron chi connectivity index (χ3n) is 3.79. The van der Waals surface area contributed by atoms with Crippen LogP contribution in [0.3, 0.4) is 0 Å². The lowest BCUT2D eigenvalue weighted by molar-refractivity contribution is 0.0955. The first-order valence-electron chi connectivity index (χ1n) is 8.39. The molecule has 0 spiro atoms. The van der Waals surface area contributed by atoms with Crippen molar-refractivity contribution in [2.24, 2.45) is 5.10 Å². The monoisotopic (exact) mass is 518 g/mol. The predicted molar refractivity (Wildman–Crippen MR) is 118 cm³/mol. The Morgan fingerprint density at radius 1 is 1.00 bits per heavy atom. The Morgan fingerprint density at radius 2 is 1.55 bits per heavy atom. The largest absolute Gasteiger partial charge is 0.508 e. The van der Waals surface area contributed by atoms with Gasteiger partial charge in [0.25, 0.3) is 5.91 Å². The van der Waals surface area contributed by atoms with Crippen molar-refractivity contribution in [1.29, 1.82) is 0 Å². The van der Waals surface area contributed by atoms with Crippen molar-refractivity contribution in [1.82, 2.24) is 5.43 Å². The number of ether oxygens (including phenoxy) is 2. The maximum Gasteiger partial charge on any atom is 0.271 e. The van der Waals surface area contributed by atoms with Gasteiger partial charge in [0.05, 0.1) is 22.3 Å². The topological polar surface area (TPSA) is 80.2 Å². The van der Waals surface area contributed by atoms with Crippen molar-refractivity contribution in [2.75, 3.05) is 7.11 Å². The molecule has 29 heavy (non-hydrogen) atoms. The number of benzene rings is 3. The number of phenols is 1. The lowest BCUT2D eigenvalue weighted by Crippen LogP contribution is -2.17. The van der Waals surface area contributed by atoms with Crippen LogP contribution in [0.1, 0.15) is 15.9 Å². The summed E-state index contributed by atoms with van der Waals surface area (Å²) in [6, 6.07) is 16.7. The number of nitrogens with one attached hydrogen (secondary N) is 1.